The lowest BCUT2D eigenvalue weighted by atomic mass is 9.90. The Bertz CT molecular complexity index is 602. The molecule has 1 unspecified atom stereocenters. The quantitative estimate of drug-likeness (QED) is 0.918. The van der Waals surface area contributed by atoms with Crippen molar-refractivity contribution >= 4 is 10.8 Å². The Balaban J connectivity index is 1.82. The van der Waals surface area contributed by atoms with Crippen molar-refractivity contribution in [2.75, 3.05) is 39.9 Å². The van der Waals surface area contributed by atoms with Crippen molar-refractivity contribution in [2.45, 2.75) is 13.0 Å². The minimum Gasteiger partial charge on any atom is -0.379 e. The second-order valence-electron chi connectivity index (χ2n) is 6.22. The average Bonchev–Trinajstić information content (AvgIpc) is 2.57. The van der Waals surface area contributed by atoms with Crippen LogP contribution >= 0.6 is 0 Å². The zero-order valence-corrected chi connectivity index (χ0v) is 13.6. The summed E-state index contributed by atoms with van der Waals surface area (Å²) in [5, 5.41) is 6.22. The van der Waals surface area contributed by atoms with Crippen LogP contribution in [0.5, 0.6) is 0 Å². The first-order valence-electron chi connectivity index (χ1n) is 8.24. The Kier molecular flexibility index (Phi) is 5.08. The van der Waals surface area contributed by atoms with Crippen LogP contribution in [0.25, 0.3) is 10.8 Å². The molecular formula is C19H26N2O. The molecule has 0 amide bonds. The minimum atomic E-state index is 0.369. The largest absolute Gasteiger partial charge is 0.379 e. The fraction of sp³-hybridized carbons (Fsp3) is 0.474. The molecule has 1 heterocycles. The van der Waals surface area contributed by atoms with Gasteiger partial charge >= 0.3 is 0 Å². The SMILES string of the molecule is CNC(c1cccc2ccccc12)[C@@H](C)CN1CCOCC1. The third kappa shape index (κ3) is 3.32. The second-order valence-corrected chi connectivity index (χ2v) is 6.22. The summed E-state index contributed by atoms with van der Waals surface area (Å²) in [7, 11) is 2.07. The molecule has 1 aliphatic heterocycles. The summed E-state index contributed by atoms with van der Waals surface area (Å²) in [4.78, 5) is 2.52. The number of nitrogens with zero attached hydrogens (tertiary/aromatic N) is 1. The molecule has 0 aliphatic carbocycles. The van der Waals surface area contributed by atoms with E-state index in [0.717, 1.165) is 32.8 Å². The number of hydrogen-bond acceptors (Lipinski definition) is 3. The maximum absolute atomic E-state index is 5.45. The first-order chi connectivity index (χ1) is 10.8. The topological polar surface area (TPSA) is 24.5 Å². The van der Waals surface area contributed by atoms with E-state index in [4.69, 9.17) is 4.74 Å². The molecule has 2 aromatic carbocycles. The Morgan fingerprint density at radius 3 is 2.59 bits per heavy atom. The molecule has 3 rings (SSSR count). The number of hydrogen-bond donors (Lipinski definition) is 1. The lowest BCUT2D eigenvalue weighted by Gasteiger charge is -2.33. The van der Waals surface area contributed by atoms with Gasteiger partial charge in [0.05, 0.1) is 13.2 Å². The van der Waals surface area contributed by atoms with Crippen LogP contribution in [0, 0.1) is 5.92 Å². The second kappa shape index (κ2) is 7.23. The van der Waals surface area contributed by atoms with Crippen LogP contribution in [0.1, 0.15) is 18.5 Å². The molecule has 118 valence electrons. The molecule has 1 N–H and O–H groups in total. The highest BCUT2D eigenvalue weighted by Gasteiger charge is 2.22. The van der Waals surface area contributed by atoms with Crippen molar-refractivity contribution < 1.29 is 4.74 Å². The Hall–Kier alpha value is -1.42. The van der Waals surface area contributed by atoms with Gasteiger partial charge in [0, 0.05) is 25.7 Å². The van der Waals surface area contributed by atoms with Crippen LogP contribution in [-0.4, -0.2) is 44.8 Å². The van der Waals surface area contributed by atoms with Crippen LogP contribution in [0.15, 0.2) is 42.5 Å². The van der Waals surface area contributed by atoms with Gasteiger partial charge in [0.25, 0.3) is 0 Å². The molecule has 0 spiro atoms. The monoisotopic (exact) mass is 298 g/mol. The summed E-state index contributed by atoms with van der Waals surface area (Å²) in [6.45, 7) is 7.29. The number of morpholine rings is 1. The van der Waals surface area contributed by atoms with Gasteiger partial charge in [-0.1, -0.05) is 49.4 Å². The summed E-state index contributed by atoms with van der Waals surface area (Å²) in [6.07, 6.45) is 0. The predicted octanol–water partition coefficient (Wildman–Crippen LogP) is 3.07. The maximum Gasteiger partial charge on any atom is 0.0594 e. The zero-order chi connectivity index (χ0) is 15.4. The molecule has 3 nitrogen and oxygen atoms in total. The van der Waals surface area contributed by atoms with E-state index in [-0.39, 0.29) is 0 Å². The van der Waals surface area contributed by atoms with Gasteiger partial charge < -0.3 is 10.1 Å². The van der Waals surface area contributed by atoms with E-state index >= 15 is 0 Å². The summed E-state index contributed by atoms with van der Waals surface area (Å²) in [5.74, 6) is 0.550. The molecule has 1 saturated heterocycles. The van der Waals surface area contributed by atoms with Crippen LogP contribution in [-0.2, 0) is 4.74 Å². The highest BCUT2D eigenvalue weighted by molar-refractivity contribution is 5.86. The number of nitrogens with one attached hydrogen (secondary N) is 1. The third-order valence-electron chi connectivity index (χ3n) is 4.69. The molecule has 1 aliphatic rings. The van der Waals surface area contributed by atoms with Crippen molar-refractivity contribution in [3.63, 3.8) is 0 Å². The molecule has 3 heteroatoms. The molecule has 0 saturated carbocycles. The summed E-state index contributed by atoms with van der Waals surface area (Å²) < 4.78 is 5.45. The summed E-state index contributed by atoms with van der Waals surface area (Å²) in [6, 6.07) is 15.7. The zero-order valence-electron chi connectivity index (χ0n) is 13.6. The van der Waals surface area contributed by atoms with Gasteiger partial charge in [0.2, 0.25) is 0 Å². The molecule has 0 radical (unpaired) electrons. The van der Waals surface area contributed by atoms with E-state index in [1.54, 1.807) is 0 Å². The lowest BCUT2D eigenvalue weighted by molar-refractivity contribution is 0.0293. The van der Waals surface area contributed by atoms with Gasteiger partial charge in [-0.15, -0.1) is 0 Å². The average molecular weight is 298 g/mol. The van der Waals surface area contributed by atoms with E-state index < -0.39 is 0 Å². The van der Waals surface area contributed by atoms with Gasteiger partial charge in [0.1, 0.15) is 0 Å². The molecule has 0 bridgehead atoms. The van der Waals surface area contributed by atoms with E-state index in [0.29, 0.717) is 12.0 Å². The summed E-state index contributed by atoms with van der Waals surface area (Å²) >= 11 is 0. The Morgan fingerprint density at radius 1 is 1.09 bits per heavy atom. The van der Waals surface area contributed by atoms with Crippen LogP contribution in [0.2, 0.25) is 0 Å². The standard InChI is InChI=1S/C19H26N2O/c1-15(14-21-10-12-22-13-11-21)19(20-2)18-9-5-7-16-6-3-4-8-17(16)18/h3-9,15,19-20H,10-14H2,1-2H3/t15-,19?/m0/s1. The van der Waals surface area contributed by atoms with E-state index in [9.17, 15) is 0 Å². The van der Waals surface area contributed by atoms with Crippen LogP contribution < -0.4 is 5.32 Å². The highest BCUT2D eigenvalue weighted by Crippen LogP contribution is 2.29. The fourth-order valence-corrected chi connectivity index (χ4v) is 3.56. The van der Waals surface area contributed by atoms with E-state index in [1.165, 1.54) is 16.3 Å². The number of benzene rings is 2. The van der Waals surface area contributed by atoms with Crippen molar-refractivity contribution in [2.24, 2.45) is 5.92 Å². The molecule has 2 aromatic rings. The van der Waals surface area contributed by atoms with Crippen molar-refractivity contribution in [1.82, 2.24) is 10.2 Å². The van der Waals surface area contributed by atoms with Crippen molar-refractivity contribution in [3.8, 4) is 0 Å². The molecule has 22 heavy (non-hydrogen) atoms. The smallest absolute Gasteiger partial charge is 0.0594 e. The molecule has 0 aromatic heterocycles. The first-order valence-corrected chi connectivity index (χ1v) is 8.24. The van der Waals surface area contributed by atoms with Gasteiger partial charge in [0.15, 0.2) is 0 Å². The predicted molar refractivity (Wildman–Crippen MR) is 92.2 cm³/mol. The third-order valence-corrected chi connectivity index (χ3v) is 4.69. The van der Waals surface area contributed by atoms with Gasteiger partial charge in [-0.05, 0) is 29.3 Å². The first kappa shape index (κ1) is 15.5. The van der Waals surface area contributed by atoms with E-state index in [1.807, 2.05) is 0 Å². The number of rotatable bonds is 5. The molecular weight excluding hydrogens is 272 g/mol. The van der Waals surface area contributed by atoms with Crippen LogP contribution in [0.4, 0.5) is 0 Å². The van der Waals surface area contributed by atoms with Crippen molar-refractivity contribution in [3.05, 3.63) is 48.0 Å². The lowest BCUT2D eigenvalue weighted by Crippen LogP contribution is -2.41. The molecule has 2 atom stereocenters. The van der Waals surface area contributed by atoms with Crippen molar-refractivity contribution in [1.29, 1.82) is 0 Å². The molecule has 1 fully saturated rings. The number of fused-ring (bicyclic) bond motifs is 1. The van der Waals surface area contributed by atoms with E-state index in [2.05, 4.69) is 66.7 Å². The normalized spacial score (nSPS) is 19.2. The highest BCUT2D eigenvalue weighted by atomic mass is 16.5. The maximum atomic E-state index is 5.45. The van der Waals surface area contributed by atoms with Crippen LogP contribution in [0.3, 0.4) is 0 Å². The van der Waals surface area contributed by atoms with Gasteiger partial charge in [-0.25, -0.2) is 0 Å². The summed E-state index contributed by atoms with van der Waals surface area (Å²) in [5.41, 5.74) is 1.40. The number of ether oxygens (including phenoxy) is 1. The van der Waals surface area contributed by atoms with Gasteiger partial charge in [-0.3, -0.25) is 4.90 Å². The Morgan fingerprint density at radius 2 is 1.82 bits per heavy atom. The minimum absolute atomic E-state index is 0.369. The fourth-order valence-electron chi connectivity index (χ4n) is 3.56. The van der Waals surface area contributed by atoms with Gasteiger partial charge in [-0.2, -0.15) is 0 Å². The Labute approximate surface area is 133 Å².